The van der Waals surface area contributed by atoms with Crippen molar-refractivity contribution in [3.05, 3.63) is 45.9 Å². The Balaban J connectivity index is 1.41. The Labute approximate surface area is 195 Å². The summed E-state index contributed by atoms with van der Waals surface area (Å²) in [6.45, 7) is 3.81. The molecule has 0 atom stereocenters. The molecule has 168 valence electrons. The molecule has 0 spiro atoms. The van der Waals surface area contributed by atoms with E-state index >= 15 is 0 Å². The molecule has 1 saturated heterocycles. The molecule has 7 nitrogen and oxygen atoms in total. The van der Waals surface area contributed by atoms with Gasteiger partial charge < -0.3 is 15.0 Å². The van der Waals surface area contributed by atoms with E-state index in [0.29, 0.717) is 15.6 Å². The minimum atomic E-state index is -0.0965. The number of benzene rings is 1. The van der Waals surface area contributed by atoms with Crippen LogP contribution >= 0.6 is 23.1 Å². The van der Waals surface area contributed by atoms with Crippen molar-refractivity contribution in [3.63, 3.8) is 0 Å². The number of aromatic nitrogens is 2. The van der Waals surface area contributed by atoms with Crippen LogP contribution in [0.3, 0.4) is 0 Å². The van der Waals surface area contributed by atoms with E-state index < -0.39 is 0 Å². The molecule has 1 aliphatic rings. The zero-order chi connectivity index (χ0) is 22.7. The molecule has 0 unspecified atom stereocenters. The number of rotatable bonds is 7. The van der Waals surface area contributed by atoms with Crippen molar-refractivity contribution in [1.29, 1.82) is 0 Å². The number of thioether (sulfide) groups is 1. The number of carbonyl (C=O) groups excluding carboxylic acids is 2. The third kappa shape index (κ3) is 5.28. The topological polar surface area (TPSA) is 84.4 Å². The van der Waals surface area contributed by atoms with Gasteiger partial charge in [0.1, 0.15) is 16.6 Å². The first-order valence-corrected chi connectivity index (χ1v) is 12.3. The maximum Gasteiger partial charge on any atom is 0.261 e. The lowest BCUT2D eigenvalue weighted by Crippen LogP contribution is -2.43. The highest BCUT2D eigenvalue weighted by atomic mass is 32.2. The van der Waals surface area contributed by atoms with Gasteiger partial charge in [-0.25, -0.2) is 9.97 Å². The third-order valence-electron chi connectivity index (χ3n) is 5.48. The van der Waals surface area contributed by atoms with Gasteiger partial charge >= 0.3 is 0 Å². The summed E-state index contributed by atoms with van der Waals surface area (Å²) in [4.78, 5) is 37.8. The number of fused-ring (bicyclic) bond motifs is 1. The lowest BCUT2D eigenvalue weighted by atomic mass is 10.1. The van der Waals surface area contributed by atoms with E-state index in [1.807, 2.05) is 25.1 Å². The number of thiophene rings is 1. The fourth-order valence-electron chi connectivity index (χ4n) is 3.65. The molecule has 3 heterocycles. The summed E-state index contributed by atoms with van der Waals surface area (Å²) in [7, 11) is 3.71. The number of hydrogen-bond donors (Lipinski definition) is 1. The predicted octanol–water partition coefficient (Wildman–Crippen LogP) is 3.81. The number of piperidine rings is 1. The summed E-state index contributed by atoms with van der Waals surface area (Å²) < 4.78 is 5.32. The van der Waals surface area contributed by atoms with Crippen molar-refractivity contribution in [3.8, 4) is 5.75 Å². The normalized spacial score (nSPS) is 15.1. The Bertz CT molecular complexity index is 1140. The minimum absolute atomic E-state index is 0.0225. The number of aryl methyl sites for hydroxylation is 1. The van der Waals surface area contributed by atoms with E-state index in [-0.39, 0.29) is 23.5 Å². The number of nitrogens with one attached hydrogen (secondary N) is 1. The van der Waals surface area contributed by atoms with Crippen LogP contribution in [-0.2, 0) is 0 Å². The van der Waals surface area contributed by atoms with Crippen molar-refractivity contribution >= 4 is 45.7 Å². The van der Waals surface area contributed by atoms with Gasteiger partial charge in [0.2, 0.25) is 0 Å². The number of ether oxygens (including phenoxy) is 1. The SMILES string of the molecule is COc1ccc2nc(C)nc(SCC(=O)c3ccc(C(=O)NC4CCN(C)CC4)s3)c2c1. The lowest BCUT2D eigenvalue weighted by molar-refractivity contribution is 0.0920. The second-order valence-electron chi connectivity index (χ2n) is 7.89. The molecule has 1 aromatic carbocycles. The summed E-state index contributed by atoms with van der Waals surface area (Å²) in [5.74, 6) is 1.49. The highest BCUT2D eigenvalue weighted by Crippen LogP contribution is 2.29. The standard InChI is InChI=1S/C23H26N4O3S2/c1-14-24-18-5-4-16(30-3)12-17(18)23(25-14)31-13-19(28)20-6-7-21(32-20)22(29)26-15-8-10-27(2)11-9-15/h4-7,12,15H,8-11,13H2,1-3H3,(H,26,29). The number of likely N-dealkylation sites (tertiary alicyclic amines) is 1. The molecule has 0 bridgehead atoms. The highest BCUT2D eigenvalue weighted by Gasteiger charge is 2.21. The minimum Gasteiger partial charge on any atom is -0.497 e. The van der Waals surface area contributed by atoms with Crippen LogP contribution in [0.5, 0.6) is 5.75 Å². The molecule has 2 aromatic heterocycles. The zero-order valence-corrected chi connectivity index (χ0v) is 20.0. The smallest absolute Gasteiger partial charge is 0.261 e. The maximum absolute atomic E-state index is 12.8. The number of amides is 1. The first-order valence-electron chi connectivity index (χ1n) is 10.5. The average Bonchev–Trinajstić information content (AvgIpc) is 3.29. The Kier molecular flexibility index (Phi) is 7.07. The summed E-state index contributed by atoms with van der Waals surface area (Å²) >= 11 is 2.63. The fourth-order valence-corrected chi connectivity index (χ4v) is 5.53. The predicted molar refractivity (Wildman–Crippen MR) is 128 cm³/mol. The highest BCUT2D eigenvalue weighted by molar-refractivity contribution is 8.00. The third-order valence-corrected chi connectivity index (χ3v) is 7.59. The Hall–Kier alpha value is -2.49. The molecule has 32 heavy (non-hydrogen) atoms. The second kappa shape index (κ2) is 9.97. The van der Waals surface area contributed by atoms with Crippen LogP contribution < -0.4 is 10.1 Å². The van der Waals surface area contributed by atoms with E-state index in [2.05, 4.69) is 27.2 Å². The van der Waals surface area contributed by atoms with Crippen molar-refractivity contribution < 1.29 is 14.3 Å². The van der Waals surface area contributed by atoms with Crippen molar-refractivity contribution in [2.75, 3.05) is 33.0 Å². The van der Waals surface area contributed by atoms with Gasteiger partial charge in [-0.05, 0) is 70.2 Å². The summed E-state index contributed by atoms with van der Waals surface area (Å²) in [6, 6.07) is 9.31. The van der Waals surface area contributed by atoms with Gasteiger partial charge in [-0.2, -0.15) is 0 Å². The maximum atomic E-state index is 12.8. The molecule has 1 fully saturated rings. The molecule has 0 saturated carbocycles. The number of hydrogen-bond acceptors (Lipinski definition) is 8. The monoisotopic (exact) mass is 470 g/mol. The average molecular weight is 471 g/mol. The van der Waals surface area contributed by atoms with Crippen LogP contribution in [0, 0.1) is 6.92 Å². The number of Topliss-reactive ketones (excluding diaryl/α,β-unsaturated/α-hetero) is 1. The van der Waals surface area contributed by atoms with Gasteiger partial charge in [0.15, 0.2) is 5.78 Å². The molecule has 4 rings (SSSR count). The van der Waals surface area contributed by atoms with Crippen LogP contribution in [0.15, 0.2) is 35.4 Å². The van der Waals surface area contributed by atoms with Crippen molar-refractivity contribution in [2.24, 2.45) is 0 Å². The molecular weight excluding hydrogens is 444 g/mol. The molecular formula is C23H26N4O3S2. The van der Waals surface area contributed by atoms with Crippen molar-refractivity contribution in [2.45, 2.75) is 30.8 Å². The van der Waals surface area contributed by atoms with Gasteiger partial charge in [-0.15, -0.1) is 11.3 Å². The summed E-state index contributed by atoms with van der Waals surface area (Å²) in [6.07, 6.45) is 1.90. The van der Waals surface area contributed by atoms with Gasteiger partial charge in [-0.1, -0.05) is 11.8 Å². The van der Waals surface area contributed by atoms with Crippen molar-refractivity contribution in [1.82, 2.24) is 20.2 Å². The van der Waals surface area contributed by atoms with E-state index in [1.54, 1.807) is 19.2 Å². The van der Waals surface area contributed by atoms with Crippen LogP contribution in [0.25, 0.3) is 10.9 Å². The second-order valence-corrected chi connectivity index (χ2v) is 9.93. The Morgan fingerprint density at radius 2 is 1.94 bits per heavy atom. The molecule has 1 amide bonds. The van der Waals surface area contributed by atoms with Crippen LogP contribution in [-0.4, -0.2) is 65.6 Å². The molecule has 3 aromatic rings. The number of ketones is 1. The van der Waals surface area contributed by atoms with E-state index in [0.717, 1.165) is 47.6 Å². The molecule has 9 heteroatoms. The molecule has 0 radical (unpaired) electrons. The van der Waals surface area contributed by atoms with Gasteiger partial charge in [0.25, 0.3) is 5.91 Å². The van der Waals surface area contributed by atoms with Crippen LogP contribution in [0.2, 0.25) is 0 Å². The number of methoxy groups -OCH3 is 1. The quantitative estimate of drug-likeness (QED) is 0.319. The lowest BCUT2D eigenvalue weighted by Gasteiger charge is -2.29. The summed E-state index contributed by atoms with van der Waals surface area (Å²) in [5.41, 5.74) is 0.817. The number of nitrogens with zero attached hydrogens (tertiary/aromatic N) is 3. The first kappa shape index (κ1) is 22.7. The fraction of sp³-hybridized carbons (Fsp3) is 0.391. The first-order chi connectivity index (χ1) is 15.4. The van der Waals surface area contributed by atoms with Gasteiger partial charge in [0, 0.05) is 11.4 Å². The summed E-state index contributed by atoms with van der Waals surface area (Å²) in [5, 5.41) is 4.71. The molecule has 0 aliphatic carbocycles. The molecule has 1 N–H and O–H groups in total. The number of carbonyl (C=O) groups is 2. The largest absolute Gasteiger partial charge is 0.497 e. The van der Waals surface area contributed by atoms with Crippen LogP contribution in [0.4, 0.5) is 0 Å². The zero-order valence-electron chi connectivity index (χ0n) is 18.4. The van der Waals surface area contributed by atoms with E-state index in [1.165, 1.54) is 23.1 Å². The Morgan fingerprint density at radius 3 is 2.69 bits per heavy atom. The van der Waals surface area contributed by atoms with Gasteiger partial charge in [0.05, 0.1) is 28.1 Å². The van der Waals surface area contributed by atoms with E-state index in [9.17, 15) is 9.59 Å². The molecule has 1 aliphatic heterocycles. The van der Waals surface area contributed by atoms with E-state index in [4.69, 9.17) is 4.74 Å². The van der Waals surface area contributed by atoms with Gasteiger partial charge in [-0.3, -0.25) is 9.59 Å². The Morgan fingerprint density at radius 1 is 1.19 bits per heavy atom. The van der Waals surface area contributed by atoms with Crippen LogP contribution in [0.1, 0.15) is 38.0 Å².